The molecule has 0 aliphatic heterocycles. The van der Waals surface area contributed by atoms with Crippen LogP contribution < -0.4 is 10.2 Å². The number of unbranched alkanes of at least 4 members (excludes halogenated alkanes) is 23. The summed E-state index contributed by atoms with van der Waals surface area (Å²) in [6, 6.07) is -0.911. The number of nitrogens with zero attached hydrogens (tertiary/aromatic N) is 1. The highest BCUT2D eigenvalue weighted by atomic mass is 31.2. The van der Waals surface area contributed by atoms with Gasteiger partial charge in [0.25, 0.3) is 7.82 Å². The predicted molar refractivity (Wildman–Crippen MR) is 307 cm³/mol. The second-order valence-corrected chi connectivity index (χ2v) is 21.9. The smallest absolute Gasteiger partial charge is 0.306 e. The van der Waals surface area contributed by atoms with Crippen molar-refractivity contribution in [3.63, 3.8) is 0 Å². The Kier molecular flexibility index (Phi) is 49.2. The van der Waals surface area contributed by atoms with Crippen molar-refractivity contribution in [1.82, 2.24) is 5.32 Å². The summed E-state index contributed by atoms with van der Waals surface area (Å²) in [5.74, 6) is -0.593. The number of phosphoric acid groups is 1. The molecule has 1 N–H and O–H groups in total. The molecule has 0 aliphatic rings. The fourth-order valence-corrected chi connectivity index (χ4v) is 8.52. The van der Waals surface area contributed by atoms with E-state index in [0.29, 0.717) is 23.9 Å². The molecule has 0 aromatic rings. The minimum absolute atomic E-state index is 0.0347. The van der Waals surface area contributed by atoms with Crippen LogP contribution in [0.15, 0.2) is 97.2 Å². The first-order valence-electron chi connectivity index (χ1n) is 29.1. The number of carbonyl (C=O) groups excluding carboxylic acids is 2. The van der Waals surface area contributed by atoms with Crippen LogP contribution in [0.4, 0.5) is 0 Å². The summed E-state index contributed by atoms with van der Waals surface area (Å²) >= 11 is 0. The summed E-state index contributed by atoms with van der Waals surface area (Å²) in [6.45, 7) is 6.63. The Balaban J connectivity index is 5.36. The summed E-state index contributed by atoms with van der Waals surface area (Å²) in [6.07, 6.45) is 68.0. The lowest BCUT2D eigenvalue weighted by Gasteiger charge is -2.30. The number of nitrogens with one attached hydrogen (secondary N) is 1. The van der Waals surface area contributed by atoms with Crippen molar-refractivity contribution in [3.05, 3.63) is 97.2 Å². The molecule has 0 aliphatic carbocycles. The number of quaternary nitrogens is 1. The molecule has 0 rings (SSSR count). The van der Waals surface area contributed by atoms with Gasteiger partial charge in [0.05, 0.1) is 33.8 Å². The van der Waals surface area contributed by atoms with E-state index in [4.69, 9.17) is 13.8 Å². The number of amides is 1. The average Bonchev–Trinajstić information content (AvgIpc) is 3.34. The molecular formula is C62H109N2O7P. The second kappa shape index (κ2) is 51.4. The summed E-state index contributed by atoms with van der Waals surface area (Å²) < 4.78 is 30.2. The quantitative estimate of drug-likeness (QED) is 0.0161. The zero-order chi connectivity index (χ0) is 52.9. The maximum absolute atomic E-state index is 13.5. The molecule has 0 saturated heterocycles. The molecule has 0 bridgehead atoms. The molecule has 0 saturated carbocycles. The van der Waals surface area contributed by atoms with Gasteiger partial charge < -0.3 is 28.5 Å². The highest BCUT2D eigenvalue weighted by Crippen LogP contribution is 2.38. The van der Waals surface area contributed by atoms with Crippen molar-refractivity contribution in [2.75, 3.05) is 40.9 Å². The number of likely N-dealkylation sites (N-methyl/N-ethyl adjacent to an activating group) is 1. The first kappa shape index (κ1) is 68.9. The van der Waals surface area contributed by atoms with Gasteiger partial charge in [-0.25, -0.2) is 0 Å². The average molecular weight is 1030 g/mol. The fourth-order valence-electron chi connectivity index (χ4n) is 7.80. The number of allylic oxidation sites excluding steroid dienone is 15. The molecule has 72 heavy (non-hydrogen) atoms. The molecule has 9 nitrogen and oxygen atoms in total. The minimum Gasteiger partial charge on any atom is -0.756 e. The van der Waals surface area contributed by atoms with Gasteiger partial charge in [0.1, 0.15) is 19.3 Å². The van der Waals surface area contributed by atoms with E-state index in [1.165, 1.54) is 77.0 Å². The number of carbonyl (C=O) groups is 2. The van der Waals surface area contributed by atoms with Crippen molar-refractivity contribution in [3.8, 4) is 0 Å². The zero-order valence-corrected chi connectivity index (χ0v) is 48.0. The first-order chi connectivity index (χ1) is 34.9. The molecule has 0 aromatic heterocycles. The van der Waals surface area contributed by atoms with Gasteiger partial charge in [-0.05, 0) is 96.0 Å². The molecule has 0 spiro atoms. The van der Waals surface area contributed by atoms with Crippen LogP contribution in [-0.4, -0.2) is 69.4 Å². The molecule has 1 amide bonds. The van der Waals surface area contributed by atoms with Crippen molar-refractivity contribution in [1.29, 1.82) is 0 Å². The zero-order valence-electron chi connectivity index (χ0n) is 47.1. The molecule has 414 valence electrons. The van der Waals surface area contributed by atoms with Crippen molar-refractivity contribution >= 4 is 19.7 Å². The fraction of sp³-hybridized carbons (Fsp3) is 0.710. The Morgan fingerprint density at radius 3 is 1.47 bits per heavy atom. The highest BCUT2D eigenvalue weighted by molar-refractivity contribution is 7.45. The lowest BCUT2D eigenvalue weighted by Crippen LogP contribution is -2.47. The third kappa shape index (κ3) is 51.8. The van der Waals surface area contributed by atoms with Crippen molar-refractivity contribution in [2.45, 2.75) is 245 Å². The monoisotopic (exact) mass is 1020 g/mol. The van der Waals surface area contributed by atoms with Gasteiger partial charge in [0, 0.05) is 12.8 Å². The topological polar surface area (TPSA) is 114 Å². The molecule has 0 radical (unpaired) electrons. The first-order valence-corrected chi connectivity index (χ1v) is 30.5. The number of phosphoric ester groups is 1. The van der Waals surface area contributed by atoms with Crippen LogP contribution in [0.1, 0.15) is 233 Å². The summed E-state index contributed by atoms with van der Waals surface area (Å²) in [5.41, 5.74) is 0. The molecule has 0 heterocycles. The molecule has 0 aromatic carbocycles. The standard InChI is InChI=1S/C62H109N2O7P/c1-7-10-13-16-19-22-25-28-29-30-31-32-33-34-35-37-40-43-46-49-52-55-62(66)71-60(53-50-47-44-41-38-27-24-21-18-15-12-9-3)59(58-70-72(67,68)69-57-56-64(4,5)6)63-61(65)54-51-48-45-42-39-36-26-23-20-17-14-11-8-2/h11,14,17,19-20,22-23,26,28-29,31-32,34-35,50,53,59-60H,7-10,12-13,15-16,18,21,24-25,27,30,33,36-49,51-52,54-58H2,1-6H3,(H-,63,65,67,68)/b14-11+,20-17+,22-19-,26-23-,29-28-,32-31-,35-34-,53-50-. The normalized spacial score (nSPS) is 14.5. The molecule has 3 unspecified atom stereocenters. The third-order valence-corrected chi connectivity index (χ3v) is 13.3. The van der Waals surface area contributed by atoms with Crippen LogP contribution >= 0.6 is 7.82 Å². The third-order valence-electron chi connectivity index (χ3n) is 12.3. The van der Waals surface area contributed by atoms with Gasteiger partial charge in [-0.2, -0.15) is 0 Å². The van der Waals surface area contributed by atoms with E-state index < -0.39 is 26.6 Å². The van der Waals surface area contributed by atoms with E-state index in [2.05, 4.69) is 105 Å². The van der Waals surface area contributed by atoms with Gasteiger partial charge in [0.2, 0.25) is 5.91 Å². The van der Waals surface area contributed by atoms with Crippen LogP contribution in [0.25, 0.3) is 0 Å². The number of hydrogen-bond acceptors (Lipinski definition) is 7. The number of hydrogen-bond donors (Lipinski definition) is 1. The summed E-state index contributed by atoms with van der Waals surface area (Å²) in [7, 11) is 1.14. The van der Waals surface area contributed by atoms with E-state index in [1.54, 1.807) is 0 Å². The Bertz CT molecular complexity index is 1560. The lowest BCUT2D eigenvalue weighted by molar-refractivity contribution is -0.870. The number of ether oxygens (including phenoxy) is 1. The van der Waals surface area contributed by atoms with Crippen molar-refractivity contribution < 1.29 is 37.3 Å². The van der Waals surface area contributed by atoms with Crippen LogP contribution in [0.5, 0.6) is 0 Å². The van der Waals surface area contributed by atoms with Crippen LogP contribution in [-0.2, 0) is 27.9 Å². The van der Waals surface area contributed by atoms with Gasteiger partial charge >= 0.3 is 5.97 Å². The number of rotatable bonds is 51. The second-order valence-electron chi connectivity index (χ2n) is 20.5. The van der Waals surface area contributed by atoms with Gasteiger partial charge in [-0.3, -0.25) is 14.2 Å². The molecule has 3 atom stereocenters. The Morgan fingerprint density at radius 2 is 0.944 bits per heavy atom. The van der Waals surface area contributed by atoms with Crippen LogP contribution in [0, 0.1) is 0 Å². The van der Waals surface area contributed by atoms with Crippen LogP contribution in [0.3, 0.4) is 0 Å². The minimum atomic E-state index is -4.71. The van der Waals surface area contributed by atoms with E-state index in [0.717, 1.165) is 109 Å². The molecular weight excluding hydrogens is 916 g/mol. The van der Waals surface area contributed by atoms with Gasteiger partial charge in [-0.15, -0.1) is 0 Å². The Labute approximate surface area is 443 Å². The van der Waals surface area contributed by atoms with Gasteiger partial charge in [-0.1, -0.05) is 221 Å². The highest BCUT2D eigenvalue weighted by Gasteiger charge is 2.27. The lowest BCUT2D eigenvalue weighted by atomic mass is 10.0. The number of esters is 1. The van der Waals surface area contributed by atoms with Crippen molar-refractivity contribution in [2.24, 2.45) is 0 Å². The maximum Gasteiger partial charge on any atom is 0.306 e. The SMILES string of the molecule is CC/C=C/C=C/C=C\CCCCCCCC(=O)NC(COP(=O)([O-])OCC[N+](C)(C)C)C(/C=C\CCCCCCCCCCCC)OC(=O)CCCCCCC/C=C\C/C=C\C/C=C\C/C=C\CCCCC. The summed E-state index contributed by atoms with van der Waals surface area (Å²) in [5, 5.41) is 3.00. The van der Waals surface area contributed by atoms with Gasteiger partial charge in [0.15, 0.2) is 0 Å². The largest absolute Gasteiger partial charge is 0.756 e. The van der Waals surface area contributed by atoms with E-state index in [-0.39, 0.29) is 31.3 Å². The van der Waals surface area contributed by atoms with E-state index in [1.807, 2.05) is 39.4 Å². The summed E-state index contributed by atoms with van der Waals surface area (Å²) in [4.78, 5) is 39.8. The molecule has 0 fully saturated rings. The maximum atomic E-state index is 13.5. The molecule has 10 heteroatoms. The predicted octanol–water partition coefficient (Wildman–Crippen LogP) is 17.0. The van der Waals surface area contributed by atoms with Crippen LogP contribution in [0.2, 0.25) is 0 Å². The van der Waals surface area contributed by atoms with E-state index >= 15 is 0 Å². The Morgan fingerprint density at radius 1 is 0.514 bits per heavy atom. The van der Waals surface area contributed by atoms with E-state index in [9.17, 15) is 19.0 Å². The Hall–Kier alpha value is -3.07.